The maximum Gasteiger partial charge on any atom is 0.342 e. The van der Waals surface area contributed by atoms with Crippen molar-refractivity contribution in [1.82, 2.24) is 4.98 Å². The average Bonchev–Trinajstić information content (AvgIpc) is 3.59. The average molecular weight is 486 g/mol. The second-order valence-corrected chi connectivity index (χ2v) is 9.07. The Morgan fingerprint density at radius 3 is 2.64 bits per heavy atom. The zero-order valence-electron chi connectivity index (χ0n) is 18.0. The fourth-order valence-electron chi connectivity index (χ4n) is 3.58. The van der Waals surface area contributed by atoms with Crippen molar-refractivity contribution < 1.29 is 23.9 Å². The molecule has 1 aliphatic heterocycles. The van der Waals surface area contributed by atoms with Crippen molar-refractivity contribution in [2.45, 2.75) is 19.8 Å². The molecular weight excluding hydrogens is 462 g/mol. The number of carbonyl (C=O) groups is 3. The van der Waals surface area contributed by atoms with E-state index < -0.39 is 24.5 Å². The summed E-state index contributed by atoms with van der Waals surface area (Å²) in [6.07, 6.45) is 3.73. The van der Waals surface area contributed by atoms with Gasteiger partial charge in [0.2, 0.25) is 0 Å². The summed E-state index contributed by atoms with van der Waals surface area (Å²) in [4.78, 5) is 45.1. The zero-order chi connectivity index (χ0) is 23.2. The van der Waals surface area contributed by atoms with E-state index in [4.69, 9.17) is 9.47 Å². The molecule has 1 aliphatic rings. The summed E-state index contributed by atoms with van der Waals surface area (Å²) in [5.41, 5.74) is 1.33. The molecule has 0 unspecified atom stereocenters. The Kier molecular flexibility index (Phi) is 7.36. The highest BCUT2D eigenvalue weighted by Crippen LogP contribution is 2.38. The van der Waals surface area contributed by atoms with Gasteiger partial charge < -0.3 is 19.7 Å². The number of pyridine rings is 1. The van der Waals surface area contributed by atoms with E-state index >= 15 is 0 Å². The maximum atomic E-state index is 12.7. The van der Waals surface area contributed by atoms with Crippen LogP contribution in [0.3, 0.4) is 0 Å². The molecule has 1 saturated heterocycles. The normalized spacial score (nSPS) is 13.1. The molecule has 8 nitrogen and oxygen atoms in total. The minimum atomic E-state index is -0.615. The zero-order valence-corrected chi connectivity index (χ0v) is 19.7. The number of rotatable bonds is 8. The Morgan fingerprint density at radius 1 is 1.09 bits per heavy atom. The molecule has 10 heteroatoms. The molecule has 3 aromatic rings. The third-order valence-corrected chi connectivity index (χ3v) is 6.86. The standard InChI is InChI=1S/C23H23N3O5S2/c1-2-30-23(29)19-16(17-8-6-12-32-17)14-33-21(19)25-18(27)13-31-22(28)15-7-5-9-24-20(15)26-10-3-4-11-26/h5-9,12,14H,2-4,10-11,13H2,1H3,(H,25,27). The second-order valence-electron chi connectivity index (χ2n) is 7.24. The molecule has 0 atom stereocenters. The number of esters is 2. The van der Waals surface area contributed by atoms with Gasteiger partial charge in [-0.25, -0.2) is 14.6 Å². The SMILES string of the molecule is CCOC(=O)c1c(-c2cccs2)csc1NC(=O)COC(=O)c1cccnc1N1CCCC1. The van der Waals surface area contributed by atoms with Crippen LogP contribution in [0, 0.1) is 0 Å². The van der Waals surface area contributed by atoms with Crippen LogP contribution in [-0.2, 0) is 14.3 Å². The van der Waals surface area contributed by atoms with Gasteiger partial charge in [-0.05, 0) is 43.3 Å². The highest BCUT2D eigenvalue weighted by atomic mass is 32.1. The number of ether oxygens (including phenoxy) is 2. The number of thiophene rings is 2. The molecule has 0 aliphatic carbocycles. The molecule has 1 fully saturated rings. The van der Waals surface area contributed by atoms with Gasteiger partial charge in [-0.1, -0.05) is 6.07 Å². The van der Waals surface area contributed by atoms with Crippen molar-refractivity contribution in [3.8, 4) is 10.4 Å². The quantitative estimate of drug-likeness (QED) is 0.471. The second kappa shape index (κ2) is 10.6. The smallest absolute Gasteiger partial charge is 0.342 e. The fraction of sp³-hybridized carbons (Fsp3) is 0.304. The first-order valence-electron chi connectivity index (χ1n) is 10.6. The van der Waals surface area contributed by atoms with Gasteiger partial charge in [0.25, 0.3) is 5.91 Å². The van der Waals surface area contributed by atoms with E-state index in [9.17, 15) is 14.4 Å². The van der Waals surface area contributed by atoms with Crippen LogP contribution in [0.4, 0.5) is 10.8 Å². The lowest BCUT2D eigenvalue weighted by molar-refractivity contribution is -0.119. The predicted octanol–water partition coefficient (Wildman–Crippen LogP) is 4.44. The van der Waals surface area contributed by atoms with E-state index in [1.165, 1.54) is 22.7 Å². The number of amides is 1. The van der Waals surface area contributed by atoms with Gasteiger partial charge >= 0.3 is 11.9 Å². The van der Waals surface area contributed by atoms with Crippen molar-refractivity contribution in [1.29, 1.82) is 0 Å². The van der Waals surface area contributed by atoms with E-state index in [0.717, 1.165) is 30.8 Å². The van der Waals surface area contributed by atoms with Gasteiger partial charge in [0, 0.05) is 35.1 Å². The first kappa shape index (κ1) is 22.9. The van der Waals surface area contributed by atoms with Crippen molar-refractivity contribution in [2.75, 3.05) is 36.5 Å². The molecule has 172 valence electrons. The van der Waals surface area contributed by atoms with Crippen LogP contribution >= 0.6 is 22.7 Å². The van der Waals surface area contributed by atoms with Crippen LogP contribution in [0.25, 0.3) is 10.4 Å². The Hall–Kier alpha value is -3.24. The Bertz CT molecular complexity index is 1140. The number of anilines is 2. The molecule has 1 amide bonds. The third kappa shape index (κ3) is 5.23. The van der Waals surface area contributed by atoms with Crippen LogP contribution in [0.15, 0.2) is 41.2 Å². The number of hydrogen-bond acceptors (Lipinski definition) is 9. The number of hydrogen-bond donors (Lipinski definition) is 1. The van der Waals surface area contributed by atoms with E-state index in [1.54, 1.807) is 30.6 Å². The number of nitrogens with one attached hydrogen (secondary N) is 1. The lowest BCUT2D eigenvalue weighted by Crippen LogP contribution is -2.25. The summed E-state index contributed by atoms with van der Waals surface area (Å²) in [6.45, 7) is 3.12. The number of nitrogens with zero attached hydrogens (tertiary/aromatic N) is 2. The van der Waals surface area contributed by atoms with Crippen LogP contribution < -0.4 is 10.2 Å². The van der Waals surface area contributed by atoms with E-state index in [1.807, 2.05) is 22.4 Å². The van der Waals surface area contributed by atoms with Gasteiger partial charge in [-0.2, -0.15) is 0 Å². The summed E-state index contributed by atoms with van der Waals surface area (Å²) in [7, 11) is 0. The van der Waals surface area contributed by atoms with Crippen molar-refractivity contribution in [3.63, 3.8) is 0 Å². The molecular formula is C23H23N3O5S2. The van der Waals surface area contributed by atoms with Gasteiger partial charge in [0.15, 0.2) is 6.61 Å². The Labute approximate surface area is 199 Å². The summed E-state index contributed by atoms with van der Waals surface area (Å²) in [5, 5.41) is 6.76. The van der Waals surface area contributed by atoms with E-state index in [2.05, 4.69) is 10.3 Å². The summed E-state index contributed by atoms with van der Waals surface area (Å²) in [6, 6.07) is 7.10. The lowest BCUT2D eigenvalue weighted by Gasteiger charge is -2.18. The molecule has 0 aromatic carbocycles. The van der Waals surface area contributed by atoms with Crippen LogP contribution in [-0.4, -0.2) is 49.1 Å². The molecule has 0 spiro atoms. The summed E-state index contributed by atoms with van der Waals surface area (Å²) < 4.78 is 10.5. The van der Waals surface area contributed by atoms with Crippen LogP contribution in [0.1, 0.15) is 40.5 Å². The molecule has 1 N–H and O–H groups in total. The molecule has 0 bridgehead atoms. The molecule has 0 radical (unpaired) electrons. The molecule has 3 aromatic heterocycles. The van der Waals surface area contributed by atoms with Gasteiger partial charge in [0.05, 0.1) is 6.61 Å². The van der Waals surface area contributed by atoms with Crippen molar-refractivity contribution in [3.05, 3.63) is 52.3 Å². The van der Waals surface area contributed by atoms with Gasteiger partial charge in [0.1, 0.15) is 21.9 Å². The lowest BCUT2D eigenvalue weighted by atomic mass is 10.1. The topological polar surface area (TPSA) is 97.8 Å². The Morgan fingerprint density at radius 2 is 1.91 bits per heavy atom. The predicted molar refractivity (Wildman–Crippen MR) is 128 cm³/mol. The summed E-state index contributed by atoms with van der Waals surface area (Å²) in [5.74, 6) is -1.10. The molecule has 4 rings (SSSR count). The number of aromatic nitrogens is 1. The highest BCUT2D eigenvalue weighted by molar-refractivity contribution is 7.17. The minimum Gasteiger partial charge on any atom is -0.462 e. The minimum absolute atomic E-state index is 0.216. The van der Waals surface area contributed by atoms with Crippen LogP contribution in [0.5, 0.6) is 0 Å². The van der Waals surface area contributed by atoms with Crippen molar-refractivity contribution in [2.24, 2.45) is 0 Å². The summed E-state index contributed by atoms with van der Waals surface area (Å²) >= 11 is 2.71. The molecule has 33 heavy (non-hydrogen) atoms. The first-order valence-corrected chi connectivity index (χ1v) is 12.3. The number of carbonyl (C=O) groups excluding carboxylic acids is 3. The van der Waals surface area contributed by atoms with Crippen LogP contribution in [0.2, 0.25) is 0 Å². The maximum absolute atomic E-state index is 12.7. The molecule has 0 saturated carbocycles. The first-order chi connectivity index (χ1) is 16.1. The highest BCUT2D eigenvalue weighted by Gasteiger charge is 2.25. The van der Waals surface area contributed by atoms with E-state index in [0.29, 0.717) is 27.5 Å². The van der Waals surface area contributed by atoms with E-state index in [-0.39, 0.29) is 6.61 Å². The van der Waals surface area contributed by atoms with Crippen molar-refractivity contribution >= 4 is 51.3 Å². The Balaban J connectivity index is 1.45. The fourth-order valence-corrected chi connectivity index (χ4v) is 5.37. The van der Waals surface area contributed by atoms with Gasteiger partial charge in [-0.15, -0.1) is 22.7 Å². The monoisotopic (exact) mass is 485 g/mol. The largest absolute Gasteiger partial charge is 0.462 e. The van der Waals surface area contributed by atoms with Gasteiger partial charge in [-0.3, -0.25) is 4.79 Å². The molecule has 4 heterocycles. The third-order valence-electron chi connectivity index (χ3n) is 5.06.